The molecule has 0 saturated heterocycles. The van der Waals surface area contributed by atoms with E-state index in [1.165, 1.54) is 25.2 Å². The van der Waals surface area contributed by atoms with Gasteiger partial charge in [-0.1, -0.05) is 36.4 Å². The molecule has 3 N–H and O–H groups in total. The van der Waals surface area contributed by atoms with Crippen LogP contribution >= 0.6 is 0 Å². The van der Waals surface area contributed by atoms with Gasteiger partial charge < -0.3 is 10.6 Å². The number of carbonyl (C=O) groups excluding carboxylic acids is 1. The third-order valence-electron chi connectivity index (χ3n) is 3.27. The average Bonchev–Trinajstić information content (AvgIpc) is 2.56. The second-order valence-corrected chi connectivity index (χ2v) is 6.99. The first-order chi connectivity index (χ1) is 11.4. The smallest absolute Gasteiger partial charge is 0.319 e. The molecule has 0 spiro atoms. The van der Waals surface area contributed by atoms with E-state index in [1.54, 1.807) is 30.3 Å². The average molecular weight is 351 g/mol. The van der Waals surface area contributed by atoms with Gasteiger partial charge in [0.2, 0.25) is 10.0 Å². The Balaban J connectivity index is 1.88. The minimum absolute atomic E-state index is 0.0996. The van der Waals surface area contributed by atoms with E-state index in [1.807, 2.05) is 0 Å². The molecular weight excluding hydrogens is 333 g/mol. The van der Waals surface area contributed by atoms with Crippen molar-refractivity contribution in [1.29, 1.82) is 0 Å². The molecule has 0 aromatic heterocycles. The van der Waals surface area contributed by atoms with Gasteiger partial charge in [-0.3, -0.25) is 0 Å². The summed E-state index contributed by atoms with van der Waals surface area (Å²) in [7, 11) is -1.95. The number of halogens is 1. The maximum atomic E-state index is 13.4. The van der Waals surface area contributed by atoms with Crippen LogP contribution in [0.4, 0.5) is 14.9 Å². The first kappa shape index (κ1) is 17.9. The third kappa shape index (κ3) is 5.32. The number of para-hydroxylation sites is 1. The van der Waals surface area contributed by atoms with Gasteiger partial charge in [0.1, 0.15) is 5.82 Å². The Kier molecular flexibility index (Phi) is 5.88. The Hall–Kier alpha value is -2.45. The van der Waals surface area contributed by atoms with Crippen molar-refractivity contribution in [2.45, 2.75) is 12.3 Å². The Morgan fingerprint density at radius 2 is 1.67 bits per heavy atom. The van der Waals surface area contributed by atoms with E-state index in [2.05, 4.69) is 15.4 Å². The Morgan fingerprint density at radius 1 is 1.04 bits per heavy atom. The minimum Gasteiger partial charge on any atom is -0.334 e. The van der Waals surface area contributed by atoms with E-state index in [9.17, 15) is 17.6 Å². The molecule has 0 aliphatic rings. The number of urea groups is 1. The van der Waals surface area contributed by atoms with E-state index in [4.69, 9.17) is 0 Å². The second-order valence-electron chi connectivity index (χ2n) is 5.07. The molecule has 8 heteroatoms. The summed E-state index contributed by atoms with van der Waals surface area (Å²) in [5, 5.41) is 5.02. The maximum Gasteiger partial charge on any atom is 0.319 e. The SMILES string of the molecule is CNS(=O)(=O)Cc1ccc(CNC(=O)Nc2ccccc2F)cc1. The van der Waals surface area contributed by atoms with Gasteiger partial charge in [-0.25, -0.2) is 22.3 Å². The first-order valence-electron chi connectivity index (χ1n) is 7.18. The molecule has 0 bridgehead atoms. The highest BCUT2D eigenvalue weighted by Crippen LogP contribution is 2.12. The summed E-state index contributed by atoms with van der Waals surface area (Å²) in [6.45, 7) is 0.235. The second kappa shape index (κ2) is 7.89. The third-order valence-corrected chi connectivity index (χ3v) is 4.60. The van der Waals surface area contributed by atoms with Crippen LogP contribution in [0.5, 0.6) is 0 Å². The summed E-state index contributed by atoms with van der Waals surface area (Å²) in [6, 6.07) is 12.2. The van der Waals surface area contributed by atoms with Crippen LogP contribution < -0.4 is 15.4 Å². The van der Waals surface area contributed by atoms with Crippen LogP contribution in [0.15, 0.2) is 48.5 Å². The van der Waals surface area contributed by atoms with Crippen molar-refractivity contribution < 1.29 is 17.6 Å². The highest BCUT2D eigenvalue weighted by molar-refractivity contribution is 7.88. The van der Waals surface area contributed by atoms with Crippen LogP contribution in [-0.2, 0) is 22.3 Å². The molecule has 6 nitrogen and oxygen atoms in total. The lowest BCUT2D eigenvalue weighted by Gasteiger charge is -2.09. The van der Waals surface area contributed by atoms with Crippen molar-refractivity contribution in [2.75, 3.05) is 12.4 Å². The van der Waals surface area contributed by atoms with Crippen molar-refractivity contribution in [1.82, 2.24) is 10.0 Å². The van der Waals surface area contributed by atoms with Crippen molar-refractivity contribution in [2.24, 2.45) is 0 Å². The van der Waals surface area contributed by atoms with Gasteiger partial charge >= 0.3 is 6.03 Å². The largest absolute Gasteiger partial charge is 0.334 e. The topological polar surface area (TPSA) is 87.3 Å². The number of amides is 2. The molecule has 2 aromatic rings. The lowest BCUT2D eigenvalue weighted by molar-refractivity contribution is 0.251. The minimum atomic E-state index is -3.32. The normalized spacial score (nSPS) is 11.1. The van der Waals surface area contributed by atoms with Gasteiger partial charge in [0, 0.05) is 6.54 Å². The van der Waals surface area contributed by atoms with Gasteiger partial charge in [0.25, 0.3) is 0 Å². The summed E-state index contributed by atoms with van der Waals surface area (Å²) < 4.78 is 38.6. The Morgan fingerprint density at radius 3 is 2.29 bits per heavy atom. The lowest BCUT2D eigenvalue weighted by atomic mass is 10.1. The van der Waals surface area contributed by atoms with E-state index in [-0.39, 0.29) is 18.0 Å². The standard InChI is InChI=1S/C16H18FN3O3S/c1-18-24(22,23)11-13-8-6-12(7-9-13)10-19-16(21)20-15-5-3-2-4-14(15)17/h2-9,18H,10-11H2,1H3,(H2,19,20,21). The molecule has 0 heterocycles. The monoisotopic (exact) mass is 351 g/mol. The molecule has 0 aliphatic heterocycles. The fraction of sp³-hybridized carbons (Fsp3) is 0.188. The molecule has 2 amide bonds. The number of sulfonamides is 1. The molecule has 0 aliphatic carbocycles. The summed E-state index contributed by atoms with van der Waals surface area (Å²) in [4.78, 5) is 11.8. The van der Waals surface area contributed by atoms with Gasteiger partial charge in [0.15, 0.2) is 0 Å². The summed E-state index contributed by atoms with van der Waals surface area (Å²) >= 11 is 0. The van der Waals surface area contributed by atoms with E-state index >= 15 is 0 Å². The van der Waals surface area contributed by atoms with E-state index < -0.39 is 21.9 Å². The predicted molar refractivity (Wildman–Crippen MR) is 90.4 cm³/mol. The Labute approximate surface area is 140 Å². The number of hydrogen-bond donors (Lipinski definition) is 3. The van der Waals surface area contributed by atoms with Gasteiger partial charge in [-0.05, 0) is 30.3 Å². The number of anilines is 1. The molecule has 2 aromatic carbocycles. The van der Waals surface area contributed by atoms with Crippen LogP contribution in [0, 0.1) is 5.82 Å². The van der Waals surface area contributed by atoms with Gasteiger partial charge in [0.05, 0.1) is 11.4 Å². The number of hydrogen-bond acceptors (Lipinski definition) is 3. The zero-order valence-electron chi connectivity index (χ0n) is 13.0. The lowest BCUT2D eigenvalue weighted by Crippen LogP contribution is -2.28. The van der Waals surface area contributed by atoms with Crippen molar-refractivity contribution in [3.63, 3.8) is 0 Å². The van der Waals surface area contributed by atoms with Crippen molar-refractivity contribution >= 4 is 21.7 Å². The molecule has 128 valence electrons. The van der Waals surface area contributed by atoms with Crippen LogP contribution in [-0.4, -0.2) is 21.5 Å². The van der Waals surface area contributed by atoms with Crippen LogP contribution in [0.3, 0.4) is 0 Å². The molecule has 0 unspecified atom stereocenters. The number of rotatable bonds is 6. The molecule has 0 atom stereocenters. The first-order valence-corrected chi connectivity index (χ1v) is 8.83. The van der Waals surface area contributed by atoms with Crippen LogP contribution in [0.1, 0.15) is 11.1 Å². The Bertz CT molecular complexity index is 808. The predicted octanol–water partition coefficient (Wildman–Crippen LogP) is 2.20. The fourth-order valence-electron chi connectivity index (χ4n) is 1.96. The maximum absolute atomic E-state index is 13.4. The quantitative estimate of drug-likeness (QED) is 0.746. The van der Waals surface area contributed by atoms with Crippen molar-refractivity contribution in [3.05, 3.63) is 65.5 Å². The number of carbonyl (C=O) groups is 1. The highest BCUT2D eigenvalue weighted by atomic mass is 32.2. The van der Waals surface area contributed by atoms with Crippen LogP contribution in [0.2, 0.25) is 0 Å². The van der Waals surface area contributed by atoms with E-state index in [0.717, 1.165) is 5.56 Å². The van der Waals surface area contributed by atoms with Crippen LogP contribution in [0.25, 0.3) is 0 Å². The van der Waals surface area contributed by atoms with Gasteiger partial charge in [-0.15, -0.1) is 0 Å². The summed E-state index contributed by atoms with van der Waals surface area (Å²) in [6.07, 6.45) is 0. The zero-order chi connectivity index (χ0) is 17.6. The molecule has 0 fully saturated rings. The highest BCUT2D eigenvalue weighted by Gasteiger charge is 2.09. The van der Waals surface area contributed by atoms with Crippen molar-refractivity contribution in [3.8, 4) is 0 Å². The van der Waals surface area contributed by atoms with Gasteiger partial charge in [-0.2, -0.15) is 0 Å². The summed E-state index contributed by atoms with van der Waals surface area (Å²) in [5.41, 5.74) is 1.54. The zero-order valence-corrected chi connectivity index (χ0v) is 13.9. The van der Waals surface area contributed by atoms with E-state index in [0.29, 0.717) is 5.56 Å². The summed E-state index contributed by atoms with van der Waals surface area (Å²) in [5.74, 6) is -0.618. The number of benzene rings is 2. The fourth-order valence-corrected chi connectivity index (χ4v) is 2.73. The number of nitrogens with one attached hydrogen (secondary N) is 3. The molecule has 0 radical (unpaired) electrons. The molecule has 2 rings (SSSR count). The molecular formula is C16H18FN3O3S. The molecule has 24 heavy (non-hydrogen) atoms. The molecule has 0 saturated carbocycles.